The second-order valence-corrected chi connectivity index (χ2v) is 4.29. The predicted molar refractivity (Wildman–Crippen MR) is 62.9 cm³/mol. The van der Waals surface area contributed by atoms with Gasteiger partial charge in [0.2, 0.25) is 0 Å². The molecule has 0 bridgehead atoms. The number of halogens is 3. The van der Waals surface area contributed by atoms with Gasteiger partial charge in [-0.15, -0.1) is 0 Å². The van der Waals surface area contributed by atoms with Crippen LogP contribution in [0.4, 0.5) is 8.78 Å². The summed E-state index contributed by atoms with van der Waals surface area (Å²) in [5, 5.41) is 9.08. The molecule has 19 heavy (non-hydrogen) atoms. The quantitative estimate of drug-likeness (QED) is 0.940. The lowest BCUT2D eigenvalue weighted by atomic mass is 10.1. The minimum absolute atomic E-state index is 0.0906. The van der Waals surface area contributed by atoms with Gasteiger partial charge in [-0.2, -0.15) is 8.78 Å². The van der Waals surface area contributed by atoms with Crippen LogP contribution in [0.15, 0.2) is 18.5 Å². The second-order valence-electron chi connectivity index (χ2n) is 3.86. The molecule has 2 aromatic heterocycles. The van der Waals surface area contributed by atoms with Gasteiger partial charge in [0, 0.05) is 18.5 Å². The molecule has 0 aliphatic rings. The number of alkyl halides is 2. The Kier molecular flexibility index (Phi) is 3.57. The molecule has 2 aromatic rings. The summed E-state index contributed by atoms with van der Waals surface area (Å²) >= 11 is 5.77. The maximum absolute atomic E-state index is 12.3. The van der Waals surface area contributed by atoms with Gasteiger partial charge in [-0.1, -0.05) is 11.6 Å². The summed E-state index contributed by atoms with van der Waals surface area (Å²) in [6.07, 6.45) is 2.85. The van der Waals surface area contributed by atoms with E-state index >= 15 is 0 Å². The van der Waals surface area contributed by atoms with Crippen LogP contribution in [-0.4, -0.2) is 27.1 Å². The third kappa shape index (κ3) is 2.76. The highest BCUT2D eigenvalue weighted by atomic mass is 35.5. The monoisotopic (exact) mass is 290 g/mol. The molecule has 0 amide bonds. The van der Waals surface area contributed by atoms with E-state index in [4.69, 9.17) is 16.7 Å². The zero-order valence-electron chi connectivity index (χ0n) is 9.68. The first-order chi connectivity index (χ1) is 8.88. The SMILES string of the molecule is CC(C(=O)O)c1cn2cc(Cl)cc(OC(F)F)c2n1. The van der Waals surface area contributed by atoms with Crippen molar-refractivity contribution in [2.45, 2.75) is 19.5 Å². The third-order valence-corrected chi connectivity index (χ3v) is 2.74. The highest BCUT2D eigenvalue weighted by Crippen LogP contribution is 2.27. The van der Waals surface area contributed by atoms with Gasteiger partial charge in [0.1, 0.15) is 0 Å². The van der Waals surface area contributed by atoms with Crippen molar-refractivity contribution in [2.24, 2.45) is 0 Å². The molecule has 102 valence electrons. The zero-order chi connectivity index (χ0) is 14.2. The fraction of sp³-hybridized carbons (Fsp3) is 0.273. The summed E-state index contributed by atoms with van der Waals surface area (Å²) in [5.41, 5.74) is 0.321. The average Bonchev–Trinajstić information content (AvgIpc) is 2.70. The number of aliphatic carboxylic acids is 1. The van der Waals surface area contributed by atoms with Crippen molar-refractivity contribution in [2.75, 3.05) is 0 Å². The number of aromatic nitrogens is 2. The van der Waals surface area contributed by atoms with E-state index in [1.54, 1.807) is 0 Å². The van der Waals surface area contributed by atoms with Gasteiger partial charge in [-0.05, 0) is 6.92 Å². The molecule has 5 nitrogen and oxygen atoms in total. The Balaban J connectivity index is 2.54. The molecule has 8 heteroatoms. The summed E-state index contributed by atoms with van der Waals surface area (Å²) in [4.78, 5) is 14.9. The highest BCUT2D eigenvalue weighted by molar-refractivity contribution is 6.30. The number of hydrogen-bond donors (Lipinski definition) is 1. The van der Waals surface area contributed by atoms with Crippen LogP contribution in [0.5, 0.6) is 5.75 Å². The van der Waals surface area contributed by atoms with Gasteiger partial charge in [0.05, 0.1) is 16.6 Å². The van der Waals surface area contributed by atoms with Crippen molar-refractivity contribution in [3.8, 4) is 5.75 Å². The summed E-state index contributed by atoms with van der Waals surface area (Å²) in [6.45, 7) is -1.57. The molecule has 0 spiro atoms. The molecule has 0 aromatic carbocycles. The molecule has 1 unspecified atom stereocenters. The largest absolute Gasteiger partial charge is 0.481 e. The zero-order valence-corrected chi connectivity index (χ0v) is 10.4. The summed E-state index contributed by atoms with van der Waals surface area (Å²) < 4.78 is 30.2. The fourth-order valence-electron chi connectivity index (χ4n) is 1.57. The molecular formula is C11H9ClF2N2O3. The van der Waals surface area contributed by atoms with Crippen LogP contribution < -0.4 is 4.74 Å². The van der Waals surface area contributed by atoms with Crippen molar-refractivity contribution in [3.05, 3.63) is 29.2 Å². The first-order valence-corrected chi connectivity index (χ1v) is 5.62. The molecule has 2 rings (SSSR count). The first-order valence-electron chi connectivity index (χ1n) is 5.24. The van der Waals surface area contributed by atoms with E-state index in [2.05, 4.69) is 9.72 Å². The molecule has 0 radical (unpaired) electrons. The van der Waals surface area contributed by atoms with Crippen molar-refractivity contribution in [1.82, 2.24) is 9.38 Å². The van der Waals surface area contributed by atoms with Crippen LogP contribution in [-0.2, 0) is 4.79 Å². The number of fused-ring (bicyclic) bond motifs is 1. The third-order valence-electron chi connectivity index (χ3n) is 2.53. The van der Waals surface area contributed by atoms with Gasteiger partial charge < -0.3 is 14.2 Å². The van der Waals surface area contributed by atoms with E-state index in [1.807, 2.05) is 0 Å². The van der Waals surface area contributed by atoms with Crippen molar-refractivity contribution in [1.29, 1.82) is 0 Å². The molecule has 1 atom stereocenters. The summed E-state index contributed by atoms with van der Waals surface area (Å²) in [5.74, 6) is -2.13. The normalized spacial score (nSPS) is 12.9. The standard InChI is InChI=1S/C11H9ClF2N2O3/c1-5(10(17)18)7-4-16-3-6(12)2-8(9(16)15-7)19-11(13)14/h2-5,11H,1H3,(H,17,18). The van der Waals surface area contributed by atoms with Crippen molar-refractivity contribution < 1.29 is 23.4 Å². The van der Waals surface area contributed by atoms with Gasteiger partial charge in [0.25, 0.3) is 0 Å². The van der Waals surface area contributed by atoms with Gasteiger partial charge in [0.15, 0.2) is 11.4 Å². The topological polar surface area (TPSA) is 63.8 Å². The molecule has 0 aliphatic heterocycles. The van der Waals surface area contributed by atoms with E-state index in [0.29, 0.717) is 0 Å². The number of ether oxygens (including phenoxy) is 1. The van der Waals surface area contributed by atoms with Gasteiger partial charge in [-0.3, -0.25) is 4.79 Å². The second kappa shape index (κ2) is 5.00. The maximum Gasteiger partial charge on any atom is 0.387 e. The smallest absolute Gasteiger partial charge is 0.387 e. The number of hydrogen-bond acceptors (Lipinski definition) is 3. The van der Waals surface area contributed by atoms with Crippen molar-refractivity contribution in [3.63, 3.8) is 0 Å². The number of carboxylic acids is 1. The lowest BCUT2D eigenvalue weighted by molar-refractivity contribution is -0.138. The number of carbonyl (C=O) groups is 1. The number of pyridine rings is 1. The molecule has 2 heterocycles. The van der Waals surface area contributed by atoms with E-state index in [-0.39, 0.29) is 22.1 Å². The average molecular weight is 291 g/mol. The highest BCUT2D eigenvalue weighted by Gasteiger charge is 2.20. The minimum Gasteiger partial charge on any atom is -0.481 e. The van der Waals surface area contributed by atoms with E-state index < -0.39 is 18.5 Å². The Morgan fingerprint density at radius 3 is 2.79 bits per heavy atom. The Morgan fingerprint density at radius 1 is 1.53 bits per heavy atom. The van der Waals surface area contributed by atoms with Crippen LogP contribution in [0.3, 0.4) is 0 Å². The van der Waals surface area contributed by atoms with E-state index in [1.165, 1.54) is 29.8 Å². The van der Waals surface area contributed by atoms with Crippen LogP contribution in [0.1, 0.15) is 18.5 Å². The van der Waals surface area contributed by atoms with Gasteiger partial charge in [-0.25, -0.2) is 4.98 Å². The van der Waals surface area contributed by atoms with E-state index in [9.17, 15) is 13.6 Å². The molecule has 1 N–H and O–H groups in total. The van der Waals surface area contributed by atoms with Gasteiger partial charge >= 0.3 is 12.6 Å². The summed E-state index contributed by atoms with van der Waals surface area (Å²) in [7, 11) is 0. The molecule has 0 aliphatic carbocycles. The maximum atomic E-state index is 12.3. The number of nitrogens with zero attached hydrogens (tertiary/aromatic N) is 2. The van der Waals surface area contributed by atoms with Crippen LogP contribution >= 0.6 is 11.6 Å². The Morgan fingerprint density at radius 2 is 2.21 bits per heavy atom. The molecule has 0 saturated heterocycles. The van der Waals surface area contributed by atoms with Crippen LogP contribution in [0, 0.1) is 0 Å². The molecular weight excluding hydrogens is 282 g/mol. The van der Waals surface area contributed by atoms with Crippen molar-refractivity contribution >= 4 is 23.2 Å². The minimum atomic E-state index is -3.01. The number of carboxylic acid groups (broad SMARTS) is 1. The predicted octanol–water partition coefficient (Wildman–Crippen LogP) is 2.78. The van der Waals surface area contributed by atoms with Crippen LogP contribution in [0.2, 0.25) is 5.02 Å². The molecule has 0 fully saturated rings. The lowest BCUT2D eigenvalue weighted by Gasteiger charge is -2.06. The number of rotatable bonds is 4. The number of imidazole rings is 1. The Labute approximate surface area is 111 Å². The van der Waals surface area contributed by atoms with E-state index in [0.717, 1.165) is 0 Å². The Hall–Kier alpha value is -1.89. The molecule has 0 saturated carbocycles. The van der Waals surface area contributed by atoms with Crippen LogP contribution in [0.25, 0.3) is 5.65 Å². The first kappa shape index (κ1) is 13.5. The Bertz CT molecular complexity index is 630. The summed E-state index contributed by atoms with van der Waals surface area (Å²) in [6, 6.07) is 1.20. The fourth-order valence-corrected chi connectivity index (χ4v) is 1.78. The lowest BCUT2D eigenvalue weighted by Crippen LogP contribution is -2.07.